The topological polar surface area (TPSA) is 123 Å². The third kappa shape index (κ3) is 4.07. The summed E-state index contributed by atoms with van der Waals surface area (Å²) in [6, 6.07) is 12.2. The van der Waals surface area contributed by atoms with E-state index in [1.165, 1.54) is 6.92 Å². The maximum atomic E-state index is 14.0. The highest BCUT2D eigenvalue weighted by molar-refractivity contribution is 5.83. The monoisotopic (exact) mass is 457 g/mol. The molecule has 0 saturated heterocycles. The molecule has 0 aliphatic carbocycles. The second-order valence-electron chi connectivity index (χ2n) is 7.10. The van der Waals surface area contributed by atoms with E-state index >= 15 is 0 Å². The Labute approximate surface area is 183 Å². The summed E-state index contributed by atoms with van der Waals surface area (Å²) in [5.41, 5.74) is -1.69. The Kier molecular flexibility index (Phi) is 5.24. The molecule has 0 saturated carbocycles. The van der Waals surface area contributed by atoms with Gasteiger partial charge in [0.25, 0.3) is 0 Å². The van der Waals surface area contributed by atoms with Crippen molar-refractivity contribution in [3.8, 4) is 45.3 Å². The molecule has 8 nitrogen and oxygen atoms in total. The van der Waals surface area contributed by atoms with Gasteiger partial charge in [0, 0.05) is 29.0 Å². The summed E-state index contributed by atoms with van der Waals surface area (Å²) in [5, 5.41) is 34.3. The molecule has 0 fully saturated rings. The third-order valence-electron chi connectivity index (χ3n) is 4.82. The summed E-state index contributed by atoms with van der Waals surface area (Å²) in [5.74, 6) is -2.01. The van der Waals surface area contributed by atoms with Crippen molar-refractivity contribution in [2.45, 2.75) is 13.1 Å². The number of aromatic hydroxyl groups is 2. The molecular weight excluding hydrogens is 443 g/mol. The highest BCUT2D eigenvalue weighted by Crippen LogP contribution is 2.44. The standard InChI is InChI=1S/C22H14F3N3O5/c1-11-7-14(22(23,24)25)19(20(26-11)12-5-3-2-4-6-12)18-10-15(27-33-18)13-8-16(28(31)32)21(30)17(29)9-13/h2-10,29-30H,1H3. The number of hydrogen-bond donors (Lipinski definition) is 2. The molecule has 2 N–H and O–H groups in total. The molecule has 0 aliphatic heterocycles. The second kappa shape index (κ2) is 7.93. The van der Waals surface area contributed by atoms with Gasteiger partial charge in [-0.2, -0.15) is 13.2 Å². The van der Waals surface area contributed by atoms with Gasteiger partial charge < -0.3 is 14.7 Å². The first-order valence-electron chi connectivity index (χ1n) is 9.38. The molecule has 11 heteroatoms. The lowest BCUT2D eigenvalue weighted by molar-refractivity contribution is -0.385. The number of nitrogens with zero attached hydrogens (tertiary/aromatic N) is 3. The number of aryl methyl sites for hydroxylation is 1. The minimum Gasteiger partial charge on any atom is -0.504 e. The van der Waals surface area contributed by atoms with Gasteiger partial charge in [-0.05, 0) is 19.1 Å². The molecule has 168 valence electrons. The lowest BCUT2D eigenvalue weighted by atomic mass is 9.97. The largest absolute Gasteiger partial charge is 0.504 e. The van der Waals surface area contributed by atoms with E-state index in [4.69, 9.17) is 4.52 Å². The average molecular weight is 457 g/mol. The van der Waals surface area contributed by atoms with Crippen LogP contribution < -0.4 is 0 Å². The van der Waals surface area contributed by atoms with Gasteiger partial charge in [0.1, 0.15) is 5.69 Å². The molecule has 4 aromatic rings. The molecule has 2 heterocycles. The maximum Gasteiger partial charge on any atom is 0.417 e. The van der Waals surface area contributed by atoms with E-state index in [1.807, 2.05) is 0 Å². The van der Waals surface area contributed by atoms with Crippen LogP contribution in [0.25, 0.3) is 33.8 Å². The van der Waals surface area contributed by atoms with Crippen LogP contribution in [0, 0.1) is 17.0 Å². The Hall–Kier alpha value is -4.41. The molecule has 0 amide bonds. The number of alkyl halides is 3. The van der Waals surface area contributed by atoms with Gasteiger partial charge in [-0.1, -0.05) is 35.5 Å². The van der Waals surface area contributed by atoms with Crippen LogP contribution in [0.1, 0.15) is 11.3 Å². The van der Waals surface area contributed by atoms with Crippen LogP contribution in [0.3, 0.4) is 0 Å². The summed E-state index contributed by atoms with van der Waals surface area (Å²) in [6.07, 6.45) is -4.74. The minimum atomic E-state index is -4.74. The summed E-state index contributed by atoms with van der Waals surface area (Å²) in [6.45, 7) is 1.44. The first-order chi connectivity index (χ1) is 15.6. The SMILES string of the molecule is Cc1cc(C(F)(F)F)c(-c2cc(-c3cc(O)c(O)c([N+](=O)[O-])c3)no2)c(-c2ccccc2)n1. The van der Waals surface area contributed by atoms with Gasteiger partial charge in [-0.25, -0.2) is 0 Å². The van der Waals surface area contributed by atoms with Crippen molar-refractivity contribution in [3.63, 3.8) is 0 Å². The van der Waals surface area contributed by atoms with Crippen LogP contribution in [0.5, 0.6) is 11.5 Å². The summed E-state index contributed by atoms with van der Waals surface area (Å²) in [7, 11) is 0. The maximum absolute atomic E-state index is 14.0. The Morgan fingerprint density at radius 1 is 1.03 bits per heavy atom. The second-order valence-corrected chi connectivity index (χ2v) is 7.10. The number of aromatic nitrogens is 2. The molecule has 2 aromatic heterocycles. The first-order valence-corrected chi connectivity index (χ1v) is 9.38. The number of nitro groups is 1. The molecule has 4 rings (SSSR count). The Balaban J connectivity index is 1.94. The van der Waals surface area contributed by atoms with Crippen molar-refractivity contribution in [3.05, 3.63) is 76.0 Å². The minimum absolute atomic E-state index is 0.0187. The number of rotatable bonds is 4. The molecule has 2 aromatic carbocycles. The van der Waals surface area contributed by atoms with Crippen molar-refractivity contribution in [1.82, 2.24) is 10.1 Å². The van der Waals surface area contributed by atoms with Gasteiger partial charge in [-0.3, -0.25) is 15.1 Å². The molecule has 0 spiro atoms. The third-order valence-corrected chi connectivity index (χ3v) is 4.82. The van der Waals surface area contributed by atoms with Gasteiger partial charge in [0.15, 0.2) is 11.5 Å². The molecule has 0 radical (unpaired) electrons. The number of phenolic OH excluding ortho intramolecular Hbond substituents is 2. The van der Waals surface area contributed by atoms with E-state index in [-0.39, 0.29) is 34.0 Å². The highest BCUT2D eigenvalue weighted by Gasteiger charge is 2.37. The van der Waals surface area contributed by atoms with Crippen molar-refractivity contribution in [2.24, 2.45) is 0 Å². The lowest BCUT2D eigenvalue weighted by Gasteiger charge is -2.16. The smallest absolute Gasteiger partial charge is 0.417 e. The summed E-state index contributed by atoms with van der Waals surface area (Å²) >= 11 is 0. The van der Waals surface area contributed by atoms with Crippen molar-refractivity contribution in [1.29, 1.82) is 0 Å². The number of hydrogen-bond acceptors (Lipinski definition) is 7. The predicted molar refractivity (Wildman–Crippen MR) is 110 cm³/mol. The van der Waals surface area contributed by atoms with Crippen molar-refractivity contribution < 1.29 is 32.8 Å². The quantitative estimate of drug-likeness (QED) is 0.228. The van der Waals surface area contributed by atoms with Crippen LogP contribution in [0.15, 0.2) is 59.1 Å². The average Bonchev–Trinajstić information content (AvgIpc) is 3.24. The van der Waals surface area contributed by atoms with Crippen LogP contribution in [-0.2, 0) is 6.18 Å². The van der Waals surface area contributed by atoms with E-state index < -0.39 is 33.8 Å². The molecule has 0 bridgehead atoms. The van der Waals surface area contributed by atoms with Crippen LogP contribution in [0.4, 0.5) is 18.9 Å². The molecule has 33 heavy (non-hydrogen) atoms. The fraction of sp³-hybridized carbons (Fsp3) is 0.0909. The van der Waals surface area contributed by atoms with Gasteiger partial charge >= 0.3 is 11.9 Å². The van der Waals surface area contributed by atoms with Gasteiger partial charge in [0.2, 0.25) is 5.75 Å². The zero-order valence-corrected chi connectivity index (χ0v) is 16.8. The number of pyridine rings is 1. The number of phenols is 2. The first kappa shape index (κ1) is 21.8. The molecule has 0 unspecified atom stereocenters. The number of nitro benzene ring substituents is 1. The van der Waals surface area contributed by atoms with Crippen LogP contribution in [-0.4, -0.2) is 25.3 Å². The fourth-order valence-corrected chi connectivity index (χ4v) is 3.37. The summed E-state index contributed by atoms with van der Waals surface area (Å²) < 4.78 is 47.1. The van der Waals surface area contributed by atoms with Crippen molar-refractivity contribution in [2.75, 3.05) is 0 Å². The van der Waals surface area contributed by atoms with Crippen molar-refractivity contribution >= 4 is 5.69 Å². The Morgan fingerprint density at radius 2 is 1.73 bits per heavy atom. The van der Waals surface area contributed by atoms with Crippen LogP contribution >= 0.6 is 0 Å². The molecular formula is C22H14F3N3O5. The predicted octanol–water partition coefficient (Wildman–Crippen LogP) is 5.72. The summed E-state index contributed by atoms with van der Waals surface area (Å²) in [4.78, 5) is 14.5. The van der Waals surface area contributed by atoms with E-state index in [0.29, 0.717) is 5.56 Å². The number of halogens is 3. The lowest BCUT2D eigenvalue weighted by Crippen LogP contribution is -2.10. The van der Waals surface area contributed by atoms with Crippen LogP contribution in [0.2, 0.25) is 0 Å². The fourth-order valence-electron chi connectivity index (χ4n) is 3.37. The Morgan fingerprint density at radius 3 is 2.36 bits per heavy atom. The van der Waals surface area contributed by atoms with E-state index in [1.54, 1.807) is 30.3 Å². The molecule has 0 atom stereocenters. The molecule has 0 aliphatic rings. The Bertz CT molecular complexity index is 1370. The van der Waals surface area contributed by atoms with E-state index in [2.05, 4.69) is 10.1 Å². The zero-order valence-electron chi connectivity index (χ0n) is 16.8. The normalized spacial score (nSPS) is 11.5. The highest BCUT2D eigenvalue weighted by atomic mass is 19.4. The van der Waals surface area contributed by atoms with Gasteiger partial charge in [0.05, 0.1) is 21.7 Å². The van der Waals surface area contributed by atoms with E-state index in [9.17, 15) is 33.5 Å². The zero-order chi connectivity index (χ0) is 23.9. The van der Waals surface area contributed by atoms with E-state index in [0.717, 1.165) is 24.3 Å². The van der Waals surface area contributed by atoms with Gasteiger partial charge in [-0.15, -0.1) is 0 Å². The number of benzene rings is 2.